The predicted octanol–water partition coefficient (Wildman–Crippen LogP) is 1.04. The first kappa shape index (κ1) is 10.3. The highest BCUT2D eigenvalue weighted by molar-refractivity contribution is 5.70. The van der Waals surface area contributed by atoms with Gasteiger partial charge in [-0.2, -0.15) is 0 Å². The molecule has 1 heterocycles. The normalized spacial score (nSPS) is 27.1. The van der Waals surface area contributed by atoms with E-state index in [1.165, 1.54) is 0 Å². The van der Waals surface area contributed by atoms with Gasteiger partial charge in [-0.25, -0.2) is 4.79 Å². The van der Waals surface area contributed by atoms with Crippen LogP contribution in [0.1, 0.15) is 32.6 Å². The van der Waals surface area contributed by atoms with Crippen LogP contribution in [0.3, 0.4) is 0 Å². The van der Waals surface area contributed by atoms with Gasteiger partial charge in [-0.15, -0.1) is 0 Å². The maximum atomic E-state index is 10.8. The standard InChI is InChI=1S/C9H17NO3/c1-2-3-4-5-7-8(6-11)13-9(12)10-7/h7-8,11H,2-6H2,1H3,(H,10,12)/t7-,8-/m1/s1. The van der Waals surface area contributed by atoms with Gasteiger partial charge in [0, 0.05) is 0 Å². The summed E-state index contributed by atoms with van der Waals surface area (Å²) in [5.41, 5.74) is 0. The zero-order valence-corrected chi connectivity index (χ0v) is 7.95. The first-order valence-electron chi connectivity index (χ1n) is 4.86. The number of carbonyl (C=O) groups is 1. The Bertz CT molecular complexity index is 172. The van der Waals surface area contributed by atoms with Gasteiger partial charge >= 0.3 is 6.09 Å². The molecule has 0 spiro atoms. The van der Waals surface area contributed by atoms with E-state index in [0.717, 1.165) is 25.7 Å². The van der Waals surface area contributed by atoms with Crippen LogP contribution in [-0.4, -0.2) is 30.0 Å². The fourth-order valence-electron chi connectivity index (χ4n) is 1.53. The van der Waals surface area contributed by atoms with Gasteiger partial charge in [-0.05, 0) is 6.42 Å². The number of aliphatic hydroxyl groups excluding tert-OH is 1. The van der Waals surface area contributed by atoms with Gasteiger partial charge in [0.1, 0.15) is 6.10 Å². The number of amides is 1. The maximum absolute atomic E-state index is 10.8. The van der Waals surface area contributed by atoms with Crippen molar-refractivity contribution >= 4 is 6.09 Å². The van der Waals surface area contributed by atoms with E-state index in [2.05, 4.69) is 12.2 Å². The second kappa shape index (κ2) is 5.07. The quantitative estimate of drug-likeness (QED) is 0.632. The molecular weight excluding hydrogens is 170 g/mol. The molecule has 2 atom stereocenters. The molecular formula is C9H17NO3. The Labute approximate surface area is 78.3 Å². The molecule has 0 aromatic heterocycles. The topological polar surface area (TPSA) is 58.6 Å². The van der Waals surface area contributed by atoms with Crippen LogP contribution in [0.25, 0.3) is 0 Å². The Morgan fingerprint density at radius 1 is 1.54 bits per heavy atom. The smallest absolute Gasteiger partial charge is 0.407 e. The highest BCUT2D eigenvalue weighted by Crippen LogP contribution is 2.14. The van der Waals surface area contributed by atoms with E-state index in [9.17, 15) is 4.79 Å². The lowest BCUT2D eigenvalue weighted by Crippen LogP contribution is -2.33. The molecule has 4 nitrogen and oxygen atoms in total. The minimum atomic E-state index is -0.402. The Balaban J connectivity index is 2.27. The largest absolute Gasteiger partial charge is 0.442 e. The lowest BCUT2D eigenvalue weighted by molar-refractivity contribution is 0.0812. The summed E-state index contributed by atoms with van der Waals surface area (Å²) in [5.74, 6) is 0. The third-order valence-electron chi connectivity index (χ3n) is 2.31. The van der Waals surface area contributed by atoms with Crippen LogP contribution in [0.2, 0.25) is 0 Å². The van der Waals surface area contributed by atoms with Gasteiger partial charge in [0.2, 0.25) is 0 Å². The minimum Gasteiger partial charge on any atom is -0.442 e. The van der Waals surface area contributed by atoms with Crippen LogP contribution in [0.15, 0.2) is 0 Å². The van der Waals surface area contributed by atoms with Crippen molar-refractivity contribution in [2.75, 3.05) is 6.61 Å². The van der Waals surface area contributed by atoms with Gasteiger partial charge in [-0.1, -0.05) is 26.2 Å². The number of rotatable bonds is 5. The first-order valence-corrected chi connectivity index (χ1v) is 4.86. The molecule has 76 valence electrons. The summed E-state index contributed by atoms with van der Waals surface area (Å²) in [7, 11) is 0. The molecule has 1 rings (SSSR count). The van der Waals surface area contributed by atoms with Crippen molar-refractivity contribution < 1.29 is 14.6 Å². The molecule has 1 saturated heterocycles. The van der Waals surface area contributed by atoms with Crippen LogP contribution < -0.4 is 5.32 Å². The third-order valence-corrected chi connectivity index (χ3v) is 2.31. The zero-order valence-electron chi connectivity index (χ0n) is 7.95. The molecule has 13 heavy (non-hydrogen) atoms. The van der Waals surface area contributed by atoms with Gasteiger partial charge in [-0.3, -0.25) is 0 Å². The van der Waals surface area contributed by atoms with Crippen molar-refractivity contribution in [1.29, 1.82) is 0 Å². The van der Waals surface area contributed by atoms with Crippen LogP contribution in [0.4, 0.5) is 4.79 Å². The lowest BCUT2D eigenvalue weighted by Gasteiger charge is -2.13. The summed E-state index contributed by atoms with van der Waals surface area (Å²) in [6.07, 6.45) is 3.53. The van der Waals surface area contributed by atoms with E-state index >= 15 is 0 Å². The number of hydrogen-bond donors (Lipinski definition) is 2. The fourth-order valence-corrected chi connectivity index (χ4v) is 1.53. The highest BCUT2D eigenvalue weighted by Gasteiger charge is 2.32. The molecule has 0 aromatic carbocycles. The maximum Gasteiger partial charge on any atom is 0.407 e. The molecule has 2 N–H and O–H groups in total. The monoisotopic (exact) mass is 187 g/mol. The second-order valence-electron chi connectivity index (χ2n) is 3.37. The van der Waals surface area contributed by atoms with Crippen LogP contribution >= 0.6 is 0 Å². The molecule has 1 aliphatic heterocycles. The highest BCUT2D eigenvalue weighted by atomic mass is 16.6. The summed E-state index contributed by atoms with van der Waals surface area (Å²) < 4.78 is 4.85. The number of alkyl carbamates (subject to hydrolysis) is 1. The molecule has 0 aliphatic carbocycles. The molecule has 1 fully saturated rings. The average molecular weight is 187 g/mol. The molecule has 1 amide bonds. The van der Waals surface area contributed by atoms with Crippen molar-refractivity contribution in [2.45, 2.75) is 44.8 Å². The van der Waals surface area contributed by atoms with Crippen LogP contribution in [0, 0.1) is 0 Å². The van der Waals surface area contributed by atoms with Gasteiger partial charge in [0.15, 0.2) is 0 Å². The van der Waals surface area contributed by atoms with Crippen molar-refractivity contribution in [1.82, 2.24) is 5.32 Å². The summed E-state index contributed by atoms with van der Waals surface area (Å²) >= 11 is 0. The molecule has 0 unspecified atom stereocenters. The first-order chi connectivity index (χ1) is 6.27. The van der Waals surface area contributed by atoms with Crippen molar-refractivity contribution in [3.05, 3.63) is 0 Å². The van der Waals surface area contributed by atoms with E-state index in [1.54, 1.807) is 0 Å². The molecule has 4 heteroatoms. The van der Waals surface area contributed by atoms with Gasteiger partial charge < -0.3 is 15.2 Å². The molecule has 1 aliphatic rings. The summed E-state index contributed by atoms with van der Waals surface area (Å²) in [6.45, 7) is 2.04. The van der Waals surface area contributed by atoms with Crippen molar-refractivity contribution in [3.8, 4) is 0 Å². The fraction of sp³-hybridized carbons (Fsp3) is 0.889. The summed E-state index contributed by atoms with van der Waals surface area (Å²) in [6, 6.07) is 0.00375. The summed E-state index contributed by atoms with van der Waals surface area (Å²) in [5, 5.41) is 11.6. The van der Waals surface area contributed by atoms with E-state index in [4.69, 9.17) is 9.84 Å². The summed E-state index contributed by atoms with van der Waals surface area (Å²) in [4.78, 5) is 10.8. The van der Waals surface area contributed by atoms with E-state index < -0.39 is 6.09 Å². The lowest BCUT2D eigenvalue weighted by atomic mass is 10.0. The Kier molecular flexibility index (Phi) is 4.02. The number of cyclic esters (lactones) is 1. The molecule has 0 saturated carbocycles. The van der Waals surface area contributed by atoms with Crippen LogP contribution in [-0.2, 0) is 4.74 Å². The van der Waals surface area contributed by atoms with Gasteiger partial charge in [0.25, 0.3) is 0 Å². The van der Waals surface area contributed by atoms with E-state index in [0.29, 0.717) is 0 Å². The number of aliphatic hydroxyl groups is 1. The average Bonchev–Trinajstić information content (AvgIpc) is 2.47. The van der Waals surface area contributed by atoms with Gasteiger partial charge in [0.05, 0.1) is 12.6 Å². The number of nitrogens with one attached hydrogen (secondary N) is 1. The molecule has 0 radical (unpaired) electrons. The van der Waals surface area contributed by atoms with Crippen molar-refractivity contribution in [2.24, 2.45) is 0 Å². The Hall–Kier alpha value is -0.770. The SMILES string of the molecule is CCCCC[C@H]1NC(=O)O[C@@H]1CO. The van der Waals surface area contributed by atoms with E-state index in [-0.39, 0.29) is 18.8 Å². The van der Waals surface area contributed by atoms with E-state index in [1.807, 2.05) is 0 Å². The number of ether oxygens (including phenoxy) is 1. The number of unbranched alkanes of at least 4 members (excludes halogenated alkanes) is 2. The molecule has 0 aromatic rings. The van der Waals surface area contributed by atoms with Crippen LogP contribution in [0.5, 0.6) is 0 Å². The van der Waals surface area contributed by atoms with Crippen molar-refractivity contribution in [3.63, 3.8) is 0 Å². The Morgan fingerprint density at radius 2 is 2.31 bits per heavy atom. The zero-order chi connectivity index (χ0) is 9.68. The third kappa shape index (κ3) is 2.88. The molecule has 0 bridgehead atoms. The number of carbonyl (C=O) groups excluding carboxylic acids is 1. The number of hydrogen-bond acceptors (Lipinski definition) is 3. The minimum absolute atomic E-state index is 0.00375. The second-order valence-corrected chi connectivity index (χ2v) is 3.37. The predicted molar refractivity (Wildman–Crippen MR) is 48.4 cm³/mol. The Morgan fingerprint density at radius 3 is 2.92 bits per heavy atom.